The van der Waals surface area contributed by atoms with Crippen LogP contribution in [0, 0.1) is 22.7 Å². The van der Waals surface area contributed by atoms with Gasteiger partial charge in [-0.25, -0.2) is 25.3 Å². The van der Waals surface area contributed by atoms with Crippen molar-refractivity contribution in [2.24, 2.45) is 5.73 Å². The molecule has 3 aromatic carbocycles. The number of benzene rings is 3. The first kappa shape index (κ1) is 54.5. The van der Waals surface area contributed by atoms with E-state index in [1.807, 2.05) is 12.1 Å². The van der Waals surface area contributed by atoms with Crippen molar-refractivity contribution in [2.75, 3.05) is 39.3 Å². The lowest BCUT2D eigenvalue weighted by Gasteiger charge is -2.34. The number of nitrogens with zero attached hydrogens (tertiary/aromatic N) is 4. The maximum absolute atomic E-state index is 12.9. The Morgan fingerprint density at radius 2 is 0.855 bits per heavy atom. The minimum Gasteiger partial charge on any atom is -0.317 e. The number of hydrogen-bond acceptors (Lipinski definition) is 10. The van der Waals surface area contributed by atoms with E-state index in [1.54, 1.807) is 0 Å². The second kappa shape index (κ2) is 24.4. The molecule has 0 spiro atoms. The minimum atomic E-state index is -5.79. The van der Waals surface area contributed by atoms with Gasteiger partial charge in [0, 0.05) is 52.3 Å². The first-order valence-electron chi connectivity index (χ1n) is 19.0. The largest absolute Gasteiger partial charge is 0.419 e. The van der Waals surface area contributed by atoms with Gasteiger partial charge in [-0.05, 0) is 118 Å². The summed E-state index contributed by atoms with van der Waals surface area (Å²) in [6.45, 7) is 4.22. The van der Waals surface area contributed by atoms with Crippen LogP contribution < -0.4 is 11.1 Å². The van der Waals surface area contributed by atoms with Gasteiger partial charge in [-0.15, -0.1) is 0 Å². The summed E-state index contributed by atoms with van der Waals surface area (Å²) in [7, 11) is 2.05. The predicted octanol–water partition coefficient (Wildman–Crippen LogP) is 6.36. The summed E-state index contributed by atoms with van der Waals surface area (Å²) in [5, 5.41) is 20.4. The number of rotatable bonds is 6. The highest BCUT2D eigenvalue weighted by Crippen LogP contribution is 2.48. The molecule has 0 amide bonds. The second-order valence-corrected chi connectivity index (χ2v) is 20.2. The lowest BCUT2D eigenvalue weighted by molar-refractivity contribution is -0.301. The Balaban J connectivity index is 0.000000308. The molecule has 3 heterocycles. The van der Waals surface area contributed by atoms with E-state index in [0.29, 0.717) is 49.2 Å². The van der Waals surface area contributed by atoms with Crippen molar-refractivity contribution in [3.05, 3.63) is 89.5 Å². The summed E-state index contributed by atoms with van der Waals surface area (Å²) in [6, 6.07) is 17.7. The first-order chi connectivity index (χ1) is 29.0. The van der Waals surface area contributed by atoms with Crippen LogP contribution >= 0.6 is 10.7 Å². The third kappa shape index (κ3) is 15.3. The van der Waals surface area contributed by atoms with Crippen molar-refractivity contribution >= 4 is 55.3 Å². The molecule has 3 aromatic rings. The summed E-state index contributed by atoms with van der Waals surface area (Å²) in [5.41, 5.74) is -0.307. The predicted molar refractivity (Wildman–Crippen MR) is 223 cm³/mol. The van der Waals surface area contributed by atoms with Crippen molar-refractivity contribution in [1.82, 2.24) is 13.9 Å². The molecule has 3 fully saturated rings. The molecule has 0 aliphatic carbocycles. The zero-order valence-corrected chi connectivity index (χ0v) is 36.6. The van der Waals surface area contributed by atoms with Gasteiger partial charge in [0.2, 0.25) is 25.6 Å². The fourth-order valence-corrected chi connectivity index (χ4v) is 9.89. The zero-order chi connectivity index (χ0) is 46.8. The zero-order valence-electron chi connectivity index (χ0n) is 33.4. The van der Waals surface area contributed by atoms with Gasteiger partial charge in [-0.2, -0.15) is 45.5 Å². The van der Waals surface area contributed by atoms with Crippen molar-refractivity contribution < 1.29 is 51.6 Å². The molecule has 3 saturated heterocycles. The first-order valence-corrected chi connectivity index (χ1v) is 24.2. The summed E-state index contributed by atoms with van der Waals surface area (Å²) in [5.74, 6) is 0. The second-order valence-electron chi connectivity index (χ2n) is 13.8. The Morgan fingerprint density at radius 1 is 0.548 bits per heavy atom. The number of hydrogen-bond donors (Lipinski definition) is 2. The summed E-state index contributed by atoms with van der Waals surface area (Å²) in [6.07, 6.45) is -2.27. The quantitative estimate of drug-likeness (QED) is 0.160. The third-order valence-corrected chi connectivity index (χ3v) is 14.8. The highest BCUT2D eigenvalue weighted by Gasteiger charge is 2.69. The molecule has 0 bridgehead atoms. The molecule has 0 atom stereocenters. The molecule has 3 aliphatic rings. The van der Waals surface area contributed by atoms with Crippen LogP contribution in [0.25, 0.3) is 0 Å². The van der Waals surface area contributed by atoms with Crippen LogP contribution in [0.15, 0.2) is 87.5 Å². The minimum absolute atomic E-state index is 0.00293. The van der Waals surface area contributed by atoms with Crippen LogP contribution in [0.4, 0.5) is 26.3 Å². The van der Waals surface area contributed by atoms with E-state index >= 15 is 0 Å². The van der Waals surface area contributed by atoms with Crippen molar-refractivity contribution in [3.63, 3.8) is 0 Å². The molecular weight excluding hydrogens is 904 g/mol. The smallest absolute Gasteiger partial charge is 0.317 e. The standard InChI is InChI=1S/C14H16F6N2O2S.C12H14N2O2S.C7H4ClNO2S.C5H11N.B2/c15-13(16,17)12(21,14(18,19)20)10-4-6-11(7-5-10)25(23,24)22-8-2-1-3-9-22;13-10-11-4-6-12(7-5-11)17(15,16)14-8-2-1-3-9-14;8-12(10,11)7-3-1-6(5-9)2-4-7;1-2-4-6-5-3-1;1-2/h4-7H,1-3,8-9,21H2;4-7H,1-3,8-9H2;1-4H;6H,1-5H2;. The normalized spacial score (nSPS) is 16.7. The Kier molecular flexibility index (Phi) is 21.4. The maximum atomic E-state index is 12.9. The van der Waals surface area contributed by atoms with Crippen LogP contribution in [0.1, 0.15) is 74.5 Å². The SMILES string of the molecule is C1CCNCC1.N#Cc1ccc(S(=O)(=O)Cl)cc1.N#Cc1ccc(S(=O)(=O)N2CCCCC2)cc1.NC(c1ccc(S(=O)(=O)N2CCCCC2)cc1)(C(F)(F)F)C(F)(F)F.[B][B]. The van der Waals surface area contributed by atoms with Gasteiger partial charge in [0.15, 0.2) is 0 Å². The fourth-order valence-electron chi connectivity index (χ4n) is 6.08. The maximum Gasteiger partial charge on any atom is 0.419 e. The van der Waals surface area contributed by atoms with Gasteiger partial charge in [-0.3, -0.25) is 0 Å². The number of nitriles is 2. The van der Waals surface area contributed by atoms with E-state index in [-0.39, 0.29) is 27.8 Å². The van der Waals surface area contributed by atoms with Gasteiger partial charge in [0.1, 0.15) is 0 Å². The van der Waals surface area contributed by atoms with E-state index in [9.17, 15) is 51.6 Å². The van der Waals surface area contributed by atoms with Gasteiger partial charge >= 0.3 is 12.4 Å². The number of alkyl halides is 6. The Hall–Kier alpha value is -3.67. The molecular formula is C38H45B2ClF6N6O6S3. The van der Waals surface area contributed by atoms with E-state index in [1.165, 1.54) is 85.2 Å². The van der Waals surface area contributed by atoms with Gasteiger partial charge in [0.05, 0.1) is 38.0 Å². The van der Waals surface area contributed by atoms with E-state index in [4.69, 9.17) is 21.2 Å². The summed E-state index contributed by atoms with van der Waals surface area (Å²) in [4.78, 5) is -0.0913. The molecule has 4 radical (unpaired) electrons. The number of sulfonamides is 2. The molecule has 336 valence electrons. The summed E-state index contributed by atoms with van der Waals surface area (Å²) < 4.78 is 151. The van der Waals surface area contributed by atoms with Gasteiger partial charge < -0.3 is 11.1 Å². The topological polar surface area (TPSA) is 195 Å². The molecule has 0 saturated carbocycles. The number of piperidine rings is 3. The van der Waals surface area contributed by atoms with Crippen LogP contribution in [0.3, 0.4) is 0 Å². The van der Waals surface area contributed by atoms with Crippen LogP contribution in [0.5, 0.6) is 0 Å². The molecule has 0 unspecified atom stereocenters. The van der Waals surface area contributed by atoms with E-state index < -0.39 is 52.6 Å². The summed E-state index contributed by atoms with van der Waals surface area (Å²) >= 11 is 0. The van der Waals surface area contributed by atoms with E-state index in [0.717, 1.165) is 42.1 Å². The monoisotopic (exact) mass is 948 g/mol. The number of nitrogens with two attached hydrogens (primary N) is 1. The van der Waals surface area contributed by atoms with Crippen LogP contribution in [-0.2, 0) is 34.6 Å². The molecule has 0 aromatic heterocycles. The third-order valence-electron chi connectivity index (χ3n) is 9.57. The number of halogens is 7. The molecule has 3 N–H and O–H groups in total. The lowest BCUT2D eigenvalue weighted by atomic mass is 9.81. The number of nitrogens with one attached hydrogen (secondary N) is 1. The Bertz CT molecular complexity index is 2240. The van der Waals surface area contributed by atoms with E-state index in [2.05, 4.69) is 26.5 Å². The molecule has 12 nitrogen and oxygen atoms in total. The average Bonchev–Trinajstić information content (AvgIpc) is 3.27. The molecule has 3 aliphatic heterocycles. The van der Waals surface area contributed by atoms with Crippen molar-refractivity contribution in [2.45, 2.75) is 90.4 Å². The van der Waals surface area contributed by atoms with Gasteiger partial charge in [-0.1, -0.05) is 31.4 Å². The van der Waals surface area contributed by atoms with Crippen molar-refractivity contribution in [3.8, 4) is 12.1 Å². The Morgan fingerprint density at radius 3 is 1.11 bits per heavy atom. The molecule has 62 heavy (non-hydrogen) atoms. The Labute approximate surface area is 366 Å². The molecule has 6 rings (SSSR count). The fraction of sp³-hybridized carbons (Fsp3) is 0.474. The highest BCUT2D eigenvalue weighted by molar-refractivity contribution is 8.13. The molecule has 24 heteroatoms. The van der Waals surface area contributed by atoms with Gasteiger partial charge in [0.25, 0.3) is 9.05 Å². The van der Waals surface area contributed by atoms with Crippen LogP contribution in [0.2, 0.25) is 0 Å². The van der Waals surface area contributed by atoms with Crippen LogP contribution in [-0.4, -0.2) is 101 Å². The average molecular weight is 949 g/mol. The highest BCUT2D eigenvalue weighted by atomic mass is 35.7. The lowest BCUT2D eigenvalue weighted by Crippen LogP contribution is -2.60. The van der Waals surface area contributed by atoms with Crippen molar-refractivity contribution in [1.29, 1.82) is 10.5 Å².